The lowest BCUT2D eigenvalue weighted by atomic mass is 10.0. The van der Waals surface area contributed by atoms with E-state index in [1.165, 1.54) is 6.26 Å². The number of phosphoric acid groups is 1. The van der Waals surface area contributed by atoms with Crippen LogP contribution in [0.1, 0.15) is 26.0 Å². The van der Waals surface area contributed by atoms with Crippen molar-refractivity contribution in [1.82, 2.24) is 0 Å². The third-order valence-corrected chi connectivity index (χ3v) is 2.68. The molecule has 0 aliphatic carbocycles. The van der Waals surface area contributed by atoms with Gasteiger partial charge in [-0.1, -0.05) is 6.92 Å². The molecule has 1 unspecified atom stereocenters. The number of phosphoric ester groups is 1. The fourth-order valence-electron chi connectivity index (χ4n) is 1.13. The molecule has 0 spiro atoms. The van der Waals surface area contributed by atoms with E-state index in [1.54, 1.807) is 26.0 Å². The van der Waals surface area contributed by atoms with Crippen LogP contribution in [-0.4, -0.2) is 9.79 Å². The number of hydrogen-bond donors (Lipinski definition) is 2. The van der Waals surface area contributed by atoms with Crippen LogP contribution in [0.3, 0.4) is 0 Å². The highest BCUT2D eigenvalue weighted by molar-refractivity contribution is 7.46. The van der Waals surface area contributed by atoms with E-state index in [9.17, 15) is 4.57 Å². The summed E-state index contributed by atoms with van der Waals surface area (Å²) in [6.45, 7) is 3.34. The zero-order chi connectivity index (χ0) is 10.8. The average molecular weight is 220 g/mol. The van der Waals surface area contributed by atoms with Gasteiger partial charge in [-0.25, -0.2) is 4.57 Å². The standard InChI is InChI=1S/C8H13O5P/c1-3-8(2,13-14(9,10)11)7-5-4-6-12-7/h4-6H,3H2,1-2H3,(H2,9,10,11). The molecule has 80 valence electrons. The van der Waals surface area contributed by atoms with E-state index in [-0.39, 0.29) is 0 Å². The molecule has 0 aliphatic heterocycles. The second kappa shape index (κ2) is 3.87. The lowest BCUT2D eigenvalue weighted by Gasteiger charge is -2.25. The van der Waals surface area contributed by atoms with E-state index in [4.69, 9.17) is 18.7 Å². The summed E-state index contributed by atoms with van der Waals surface area (Å²) in [5, 5.41) is 0. The van der Waals surface area contributed by atoms with Crippen LogP contribution in [-0.2, 0) is 14.7 Å². The first-order valence-corrected chi connectivity index (χ1v) is 5.71. The van der Waals surface area contributed by atoms with Gasteiger partial charge in [-0.3, -0.25) is 4.52 Å². The third kappa shape index (κ3) is 2.69. The smallest absolute Gasteiger partial charge is 0.466 e. The maximum Gasteiger partial charge on any atom is 0.470 e. The van der Waals surface area contributed by atoms with Crippen LogP contribution in [0, 0.1) is 0 Å². The molecule has 0 saturated heterocycles. The van der Waals surface area contributed by atoms with Gasteiger partial charge in [-0.05, 0) is 25.5 Å². The Morgan fingerprint density at radius 3 is 2.64 bits per heavy atom. The lowest BCUT2D eigenvalue weighted by Crippen LogP contribution is -2.22. The molecule has 6 heteroatoms. The van der Waals surface area contributed by atoms with Crippen molar-refractivity contribution >= 4 is 7.82 Å². The Morgan fingerprint density at radius 2 is 2.29 bits per heavy atom. The predicted molar refractivity (Wildman–Crippen MR) is 49.5 cm³/mol. The molecule has 14 heavy (non-hydrogen) atoms. The highest BCUT2D eigenvalue weighted by Gasteiger charge is 2.35. The van der Waals surface area contributed by atoms with E-state index < -0.39 is 13.4 Å². The first-order chi connectivity index (χ1) is 6.37. The molecule has 1 atom stereocenters. The Labute approximate surface area is 81.9 Å². The molecular weight excluding hydrogens is 207 g/mol. The van der Waals surface area contributed by atoms with Gasteiger partial charge in [-0.2, -0.15) is 0 Å². The normalized spacial score (nSPS) is 16.6. The van der Waals surface area contributed by atoms with Gasteiger partial charge in [0.1, 0.15) is 11.4 Å². The highest BCUT2D eigenvalue weighted by atomic mass is 31.2. The van der Waals surface area contributed by atoms with E-state index in [0.717, 1.165) is 0 Å². The molecule has 0 aromatic carbocycles. The van der Waals surface area contributed by atoms with Crippen LogP contribution < -0.4 is 0 Å². The molecule has 0 bridgehead atoms. The fraction of sp³-hybridized carbons (Fsp3) is 0.500. The topological polar surface area (TPSA) is 79.9 Å². The van der Waals surface area contributed by atoms with Crippen molar-refractivity contribution in [2.45, 2.75) is 25.9 Å². The van der Waals surface area contributed by atoms with Crippen LogP contribution in [0.15, 0.2) is 22.8 Å². The Hall–Kier alpha value is -0.610. The number of furan rings is 1. The minimum absolute atomic E-state index is 0.406. The molecule has 0 radical (unpaired) electrons. The first kappa shape index (κ1) is 11.5. The summed E-state index contributed by atoms with van der Waals surface area (Å²) in [7, 11) is -4.50. The molecule has 5 nitrogen and oxygen atoms in total. The molecule has 2 N–H and O–H groups in total. The van der Waals surface area contributed by atoms with Crippen molar-refractivity contribution < 1.29 is 23.3 Å². The van der Waals surface area contributed by atoms with Gasteiger partial charge in [0.15, 0.2) is 0 Å². The molecule has 0 amide bonds. The van der Waals surface area contributed by atoms with Crippen LogP contribution in [0.2, 0.25) is 0 Å². The maximum absolute atomic E-state index is 10.7. The molecular formula is C8H13O5P. The Balaban J connectivity index is 2.93. The van der Waals surface area contributed by atoms with Crippen molar-refractivity contribution in [3.8, 4) is 0 Å². The summed E-state index contributed by atoms with van der Waals surface area (Å²) < 4.78 is 20.5. The summed E-state index contributed by atoms with van der Waals surface area (Å²) in [6.07, 6.45) is 1.85. The minimum Gasteiger partial charge on any atom is -0.466 e. The van der Waals surface area contributed by atoms with Crippen LogP contribution in [0.5, 0.6) is 0 Å². The van der Waals surface area contributed by atoms with Gasteiger partial charge in [0.2, 0.25) is 0 Å². The molecule has 0 aliphatic rings. The maximum atomic E-state index is 10.7. The van der Waals surface area contributed by atoms with Gasteiger partial charge in [0.05, 0.1) is 6.26 Å². The van der Waals surface area contributed by atoms with Gasteiger partial charge in [0, 0.05) is 0 Å². The highest BCUT2D eigenvalue weighted by Crippen LogP contribution is 2.46. The summed E-state index contributed by atoms with van der Waals surface area (Å²) in [6, 6.07) is 3.27. The van der Waals surface area contributed by atoms with E-state index in [1.807, 2.05) is 0 Å². The van der Waals surface area contributed by atoms with Crippen LogP contribution in [0.4, 0.5) is 0 Å². The monoisotopic (exact) mass is 220 g/mol. The lowest BCUT2D eigenvalue weighted by molar-refractivity contribution is 0.0247. The Kier molecular flexibility index (Phi) is 3.17. The molecule has 0 fully saturated rings. The Morgan fingerprint density at radius 1 is 1.64 bits per heavy atom. The SMILES string of the molecule is CCC(C)(OP(=O)(O)O)c1ccco1. The summed E-state index contributed by atoms with van der Waals surface area (Å²) >= 11 is 0. The molecule has 1 aromatic rings. The van der Waals surface area contributed by atoms with Crippen molar-refractivity contribution in [1.29, 1.82) is 0 Å². The van der Waals surface area contributed by atoms with Crippen molar-refractivity contribution in [3.05, 3.63) is 24.2 Å². The average Bonchev–Trinajstić information content (AvgIpc) is 2.53. The second-order valence-corrected chi connectivity index (χ2v) is 4.31. The van der Waals surface area contributed by atoms with Gasteiger partial charge < -0.3 is 14.2 Å². The van der Waals surface area contributed by atoms with E-state index >= 15 is 0 Å². The third-order valence-electron chi connectivity index (χ3n) is 2.04. The summed E-state index contributed by atoms with van der Waals surface area (Å²) in [5.41, 5.74) is -1.08. The van der Waals surface area contributed by atoms with Gasteiger partial charge >= 0.3 is 7.82 Å². The predicted octanol–water partition coefficient (Wildman–Crippen LogP) is 2.01. The minimum atomic E-state index is -4.50. The molecule has 0 saturated carbocycles. The number of rotatable bonds is 4. The van der Waals surface area contributed by atoms with E-state index in [0.29, 0.717) is 12.2 Å². The molecule has 1 rings (SSSR count). The quantitative estimate of drug-likeness (QED) is 0.758. The van der Waals surface area contributed by atoms with Crippen molar-refractivity contribution in [3.63, 3.8) is 0 Å². The van der Waals surface area contributed by atoms with Crippen molar-refractivity contribution in [2.24, 2.45) is 0 Å². The van der Waals surface area contributed by atoms with Crippen molar-refractivity contribution in [2.75, 3.05) is 0 Å². The zero-order valence-electron chi connectivity index (χ0n) is 8.01. The zero-order valence-corrected chi connectivity index (χ0v) is 8.90. The summed E-state index contributed by atoms with van der Waals surface area (Å²) in [4.78, 5) is 17.5. The van der Waals surface area contributed by atoms with E-state index in [2.05, 4.69) is 0 Å². The van der Waals surface area contributed by atoms with Crippen LogP contribution in [0.25, 0.3) is 0 Å². The van der Waals surface area contributed by atoms with Gasteiger partial charge in [-0.15, -0.1) is 0 Å². The largest absolute Gasteiger partial charge is 0.470 e. The molecule has 1 aromatic heterocycles. The first-order valence-electron chi connectivity index (χ1n) is 4.18. The second-order valence-electron chi connectivity index (χ2n) is 3.14. The Bertz CT molecular complexity index is 328. The van der Waals surface area contributed by atoms with Crippen LogP contribution >= 0.6 is 7.82 Å². The summed E-state index contributed by atoms with van der Waals surface area (Å²) in [5.74, 6) is 0.406. The number of hydrogen-bond acceptors (Lipinski definition) is 3. The van der Waals surface area contributed by atoms with Gasteiger partial charge in [0.25, 0.3) is 0 Å². The fourth-order valence-corrected chi connectivity index (χ4v) is 1.87. The molecule has 1 heterocycles.